The molecule has 1 N–H and O–H groups in total. The van der Waals surface area contributed by atoms with Gasteiger partial charge in [0.2, 0.25) is 17.6 Å². The van der Waals surface area contributed by atoms with Crippen molar-refractivity contribution in [2.45, 2.75) is 19.3 Å². The van der Waals surface area contributed by atoms with E-state index in [-0.39, 0.29) is 30.7 Å². The van der Waals surface area contributed by atoms with E-state index in [4.69, 9.17) is 0 Å². The molecule has 3 rings (SSSR count). The van der Waals surface area contributed by atoms with Crippen LogP contribution in [0.3, 0.4) is 0 Å². The fraction of sp³-hybridized carbons (Fsp3) is 0.350. The molecule has 0 fully saturated rings. The van der Waals surface area contributed by atoms with E-state index >= 15 is 0 Å². The monoisotopic (exact) mass is 450 g/mol. The van der Waals surface area contributed by atoms with Crippen molar-refractivity contribution in [2.75, 3.05) is 27.2 Å². The largest absolute Gasteiger partial charge is 0.416 e. The SMILES string of the molecule is CN(C)C(=O)c1nc2n(n1)CCN(C(=O)CNC(=O)/C=C/c1ccc(C(F)(F)F)cc1)C2. The first-order chi connectivity index (χ1) is 15.0. The van der Waals surface area contributed by atoms with Gasteiger partial charge in [-0.2, -0.15) is 13.2 Å². The minimum Gasteiger partial charge on any atom is -0.343 e. The summed E-state index contributed by atoms with van der Waals surface area (Å²) < 4.78 is 39.3. The second-order valence-electron chi connectivity index (χ2n) is 7.26. The third kappa shape index (κ3) is 5.50. The zero-order chi connectivity index (χ0) is 23.5. The Morgan fingerprint density at radius 2 is 1.84 bits per heavy atom. The highest BCUT2D eigenvalue weighted by Gasteiger charge is 2.30. The van der Waals surface area contributed by atoms with Gasteiger partial charge in [-0.05, 0) is 23.8 Å². The number of rotatable bonds is 5. The summed E-state index contributed by atoms with van der Waals surface area (Å²) in [6.45, 7) is 0.621. The maximum absolute atomic E-state index is 12.6. The molecule has 0 unspecified atom stereocenters. The Bertz CT molecular complexity index is 1040. The van der Waals surface area contributed by atoms with Gasteiger partial charge in [-0.25, -0.2) is 9.67 Å². The molecule has 12 heteroatoms. The summed E-state index contributed by atoms with van der Waals surface area (Å²) in [4.78, 5) is 43.4. The number of amides is 3. The number of fused-ring (bicyclic) bond motifs is 1. The summed E-state index contributed by atoms with van der Waals surface area (Å²) in [5.41, 5.74) is -0.363. The van der Waals surface area contributed by atoms with Gasteiger partial charge < -0.3 is 15.1 Å². The zero-order valence-electron chi connectivity index (χ0n) is 17.4. The first-order valence-electron chi connectivity index (χ1n) is 9.61. The molecule has 0 atom stereocenters. The molecule has 3 amide bonds. The topological polar surface area (TPSA) is 100 Å². The number of carbonyl (C=O) groups is 3. The number of benzene rings is 1. The molecule has 0 saturated carbocycles. The summed E-state index contributed by atoms with van der Waals surface area (Å²) in [7, 11) is 3.18. The fourth-order valence-electron chi connectivity index (χ4n) is 2.93. The van der Waals surface area contributed by atoms with Gasteiger partial charge in [0.1, 0.15) is 5.82 Å². The van der Waals surface area contributed by atoms with E-state index in [0.29, 0.717) is 24.5 Å². The Labute approximate surface area is 181 Å². The Balaban J connectivity index is 1.51. The minimum atomic E-state index is -4.43. The van der Waals surface area contributed by atoms with Crippen molar-refractivity contribution in [3.8, 4) is 0 Å². The van der Waals surface area contributed by atoms with Gasteiger partial charge in [-0.15, -0.1) is 5.10 Å². The van der Waals surface area contributed by atoms with Gasteiger partial charge in [0.25, 0.3) is 5.91 Å². The highest BCUT2D eigenvalue weighted by molar-refractivity contribution is 5.94. The van der Waals surface area contributed by atoms with Crippen molar-refractivity contribution >= 4 is 23.8 Å². The van der Waals surface area contributed by atoms with E-state index in [1.165, 1.54) is 28.0 Å². The summed E-state index contributed by atoms with van der Waals surface area (Å²) in [6, 6.07) is 4.34. The van der Waals surface area contributed by atoms with E-state index in [2.05, 4.69) is 15.4 Å². The number of aromatic nitrogens is 3. The van der Waals surface area contributed by atoms with Crippen LogP contribution in [-0.4, -0.2) is 69.5 Å². The molecule has 32 heavy (non-hydrogen) atoms. The lowest BCUT2D eigenvalue weighted by atomic mass is 10.1. The van der Waals surface area contributed by atoms with Crippen LogP contribution in [0.15, 0.2) is 30.3 Å². The molecular formula is C20H21F3N6O3. The highest BCUT2D eigenvalue weighted by Crippen LogP contribution is 2.29. The molecule has 9 nitrogen and oxygen atoms in total. The molecule has 2 heterocycles. The third-order valence-electron chi connectivity index (χ3n) is 4.69. The number of hydrogen-bond acceptors (Lipinski definition) is 5. The van der Waals surface area contributed by atoms with E-state index in [1.807, 2.05) is 0 Å². The lowest BCUT2D eigenvalue weighted by molar-refractivity contribution is -0.137. The summed E-state index contributed by atoms with van der Waals surface area (Å²) >= 11 is 0. The van der Waals surface area contributed by atoms with Crippen LogP contribution in [0.5, 0.6) is 0 Å². The zero-order valence-corrected chi connectivity index (χ0v) is 17.4. The number of nitrogens with one attached hydrogen (secondary N) is 1. The van der Waals surface area contributed by atoms with E-state index in [0.717, 1.165) is 18.2 Å². The Kier molecular flexibility index (Phi) is 6.61. The first-order valence-corrected chi connectivity index (χ1v) is 9.61. The highest BCUT2D eigenvalue weighted by atomic mass is 19.4. The van der Waals surface area contributed by atoms with Crippen molar-refractivity contribution in [2.24, 2.45) is 0 Å². The molecule has 1 aliphatic rings. The quantitative estimate of drug-likeness (QED) is 0.690. The van der Waals surface area contributed by atoms with Crippen LogP contribution in [-0.2, 0) is 28.9 Å². The molecule has 0 bridgehead atoms. The average Bonchev–Trinajstić information content (AvgIpc) is 3.18. The Morgan fingerprint density at radius 3 is 2.47 bits per heavy atom. The molecule has 1 aromatic carbocycles. The lowest BCUT2D eigenvalue weighted by Gasteiger charge is -2.26. The van der Waals surface area contributed by atoms with E-state index in [1.54, 1.807) is 18.8 Å². The molecule has 0 saturated heterocycles. The molecule has 0 aliphatic carbocycles. The molecule has 170 valence electrons. The van der Waals surface area contributed by atoms with Crippen LogP contribution < -0.4 is 5.32 Å². The van der Waals surface area contributed by atoms with Crippen molar-refractivity contribution in [3.05, 3.63) is 53.1 Å². The van der Waals surface area contributed by atoms with Crippen LogP contribution in [0.2, 0.25) is 0 Å². The van der Waals surface area contributed by atoms with Crippen LogP contribution in [0, 0.1) is 0 Å². The van der Waals surface area contributed by atoms with Gasteiger partial charge >= 0.3 is 6.18 Å². The predicted molar refractivity (Wildman–Crippen MR) is 107 cm³/mol. The second-order valence-corrected chi connectivity index (χ2v) is 7.26. The average molecular weight is 450 g/mol. The molecule has 0 spiro atoms. The van der Waals surface area contributed by atoms with Gasteiger partial charge in [0.15, 0.2) is 0 Å². The second kappa shape index (κ2) is 9.20. The molecule has 2 aromatic rings. The van der Waals surface area contributed by atoms with Gasteiger partial charge in [-0.3, -0.25) is 14.4 Å². The van der Waals surface area contributed by atoms with E-state index in [9.17, 15) is 27.6 Å². The van der Waals surface area contributed by atoms with Crippen LogP contribution >= 0.6 is 0 Å². The normalized spacial score (nSPS) is 13.7. The maximum Gasteiger partial charge on any atom is 0.416 e. The molecule has 1 aromatic heterocycles. The minimum absolute atomic E-state index is 0.0565. The van der Waals surface area contributed by atoms with Crippen LogP contribution in [0.25, 0.3) is 6.08 Å². The number of alkyl halides is 3. The number of halogens is 3. The van der Waals surface area contributed by atoms with Crippen LogP contribution in [0.1, 0.15) is 27.6 Å². The maximum atomic E-state index is 12.6. The Morgan fingerprint density at radius 1 is 1.16 bits per heavy atom. The third-order valence-corrected chi connectivity index (χ3v) is 4.69. The lowest BCUT2D eigenvalue weighted by Crippen LogP contribution is -2.43. The molecule has 0 radical (unpaired) electrons. The first kappa shape index (κ1) is 23.0. The standard InChI is InChI=1S/C20H21F3N6O3/c1-27(2)19(32)18-25-15-12-28(9-10-29(15)26-18)17(31)11-24-16(30)8-5-13-3-6-14(7-4-13)20(21,22)23/h3-8H,9-12H2,1-2H3,(H,24,30)/b8-5+. The fourth-order valence-corrected chi connectivity index (χ4v) is 2.93. The molecular weight excluding hydrogens is 429 g/mol. The van der Waals surface area contributed by atoms with Gasteiger partial charge in [-0.1, -0.05) is 12.1 Å². The van der Waals surface area contributed by atoms with Crippen molar-refractivity contribution in [1.29, 1.82) is 0 Å². The smallest absolute Gasteiger partial charge is 0.343 e. The van der Waals surface area contributed by atoms with Crippen molar-refractivity contribution in [1.82, 2.24) is 29.9 Å². The van der Waals surface area contributed by atoms with Crippen molar-refractivity contribution in [3.63, 3.8) is 0 Å². The van der Waals surface area contributed by atoms with Gasteiger partial charge in [0, 0.05) is 26.7 Å². The number of carbonyl (C=O) groups excluding carboxylic acids is 3. The summed E-state index contributed by atoms with van der Waals surface area (Å²) in [6.07, 6.45) is -1.93. The number of nitrogens with zero attached hydrogens (tertiary/aromatic N) is 5. The predicted octanol–water partition coefficient (Wildman–Crippen LogP) is 1.17. The number of hydrogen-bond donors (Lipinski definition) is 1. The van der Waals surface area contributed by atoms with Crippen molar-refractivity contribution < 1.29 is 27.6 Å². The summed E-state index contributed by atoms with van der Waals surface area (Å²) in [5.74, 6) is -0.700. The van der Waals surface area contributed by atoms with Crippen LogP contribution in [0.4, 0.5) is 13.2 Å². The van der Waals surface area contributed by atoms with E-state index < -0.39 is 17.6 Å². The van der Waals surface area contributed by atoms with Gasteiger partial charge in [0.05, 0.1) is 25.2 Å². The Hall–Kier alpha value is -3.70. The molecule has 1 aliphatic heterocycles. The summed E-state index contributed by atoms with van der Waals surface area (Å²) in [5, 5.41) is 6.59.